The van der Waals surface area contributed by atoms with Crippen LogP contribution in [0, 0.1) is 0 Å². The third-order valence-electron chi connectivity index (χ3n) is 2.55. The van der Waals surface area contributed by atoms with Gasteiger partial charge in [0.25, 0.3) is 0 Å². The maximum Gasteiger partial charge on any atom is 0.0342 e. The van der Waals surface area contributed by atoms with Gasteiger partial charge < -0.3 is 10.9 Å². The van der Waals surface area contributed by atoms with Gasteiger partial charge in [-0.3, -0.25) is 11.7 Å². The van der Waals surface area contributed by atoms with Crippen molar-refractivity contribution >= 4 is 11.4 Å². The molecule has 74 valence electrons. The van der Waals surface area contributed by atoms with Crippen LogP contribution in [0.4, 0.5) is 0 Å². The van der Waals surface area contributed by atoms with E-state index in [2.05, 4.69) is 10.9 Å². The van der Waals surface area contributed by atoms with E-state index < -0.39 is 0 Å². The third kappa shape index (κ3) is 1.34. The second-order valence-corrected chi connectivity index (χ2v) is 3.29. The fourth-order valence-electron chi connectivity index (χ4n) is 1.83. The van der Waals surface area contributed by atoms with Crippen molar-refractivity contribution in [3.63, 3.8) is 0 Å². The molecule has 0 radical (unpaired) electrons. The van der Waals surface area contributed by atoms with Crippen LogP contribution in [0.25, 0.3) is 11.4 Å². The average Bonchev–Trinajstić information content (AvgIpc) is 2.27. The van der Waals surface area contributed by atoms with Crippen LogP contribution in [-0.2, 0) is 0 Å². The molecule has 1 aliphatic rings. The predicted molar refractivity (Wildman–Crippen MR) is 56.4 cm³/mol. The molecule has 14 heavy (non-hydrogen) atoms. The topological polar surface area (TPSA) is 76.1 Å². The maximum absolute atomic E-state index is 5.46. The van der Waals surface area contributed by atoms with Crippen molar-refractivity contribution in [2.75, 3.05) is 0 Å². The van der Waals surface area contributed by atoms with E-state index in [9.17, 15) is 0 Å². The summed E-state index contributed by atoms with van der Waals surface area (Å²) >= 11 is 0. The summed E-state index contributed by atoms with van der Waals surface area (Å²) < 4.78 is 0. The SMILES string of the molecule is NNC1=c2ccccc2=C(NN)CC1. The van der Waals surface area contributed by atoms with E-state index in [4.69, 9.17) is 11.7 Å². The van der Waals surface area contributed by atoms with E-state index in [1.807, 2.05) is 24.3 Å². The summed E-state index contributed by atoms with van der Waals surface area (Å²) in [5.74, 6) is 10.9. The van der Waals surface area contributed by atoms with Gasteiger partial charge >= 0.3 is 0 Å². The van der Waals surface area contributed by atoms with Crippen molar-refractivity contribution in [1.82, 2.24) is 10.9 Å². The molecule has 1 aromatic carbocycles. The molecular weight excluding hydrogens is 176 g/mol. The van der Waals surface area contributed by atoms with Gasteiger partial charge in [0.15, 0.2) is 0 Å². The first-order valence-electron chi connectivity index (χ1n) is 4.61. The summed E-state index contributed by atoms with van der Waals surface area (Å²) in [6.45, 7) is 0. The Labute approximate surface area is 82.2 Å². The first-order chi connectivity index (χ1) is 6.86. The van der Waals surface area contributed by atoms with Crippen LogP contribution in [0.15, 0.2) is 24.3 Å². The molecule has 0 saturated carbocycles. The largest absolute Gasteiger partial charge is 0.328 e. The monoisotopic (exact) mass is 190 g/mol. The fraction of sp³-hybridized carbons (Fsp3) is 0.200. The van der Waals surface area contributed by atoms with Crippen LogP contribution in [0.2, 0.25) is 0 Å². The molecular formula is C10H14N4. The van der Waals surface area contributed by atoms with Gasteiger partial charge in [-0.1, -0.05) is 24.3 Å². The summed E-state index contributed by atoms with van der Waals surface area (Å²) in [6.07, 6.45) is 1.79. The molecule has 4 heteroatoms. The van der Waals surface area contributed by atoms with Crippen molar-refractivity contribution in [3.05, 3.63) is 34.7 Å². The Morgan fingerprint density at radius 3 is 1.64 bits per heavy atom. The summed E-state index contributed by atoms with van der Waals surface area (Å²) in [4.78, 5) is 0. The van der Waals surface area contributed by atoms with E-state index in [0.29, 0.717) is 0 Å². The Balaban J connectivity index is 2.80. The van der Waals surface area contributed by atoms with Gasteiger partial charge in [0.1, 0.15) is 0 Å². The smallest absolute Gasteiger partial charge is 0.0342 e. The number of benzene rings is 1. The van der Waals surface area contributed by atoms with Crippen LogP contribution < -0.4 is 33.0 Å². The van der Waals surface area contributed by atoms with Gasteiger partial charge in [0.05, 0.1) is 0 Å². The number of rotatable bonds is 2. The normalized spacial score (nSPS) is 15.0. The van der Waals surface area contributed by atoms with Crippen molar-refractivity contribution in [1.29, 1.82) is 0 Å². The number of hydrogen-bond donors (Lipinski definition) is 4. The second-order valence-electron chi connectivity index (χ2n) is 3.29. The Morgan fingerprint density at radius 1 is 0.857 bits per heavy atom. The molecule has 0 spiro atoms. The molecule has 1 aromatic rings. The summed E-state index contributed by atoms with van der Waals surface area (Å²) in [5, 5.41) is 2.27. The standard InChI is InChI=1S/C10H14N4/c11-13-9-5-6-10(14-12)8-4-2-1-3-7(8)9/h1-4,13-14H,5-6,11-12H2. The zero-order valence-electron chi connectivity index (χ0n) is 7.88. The molecule has 0 fully saturated rings. The zero-order chi connectivity index (χ0) is 9.97. The third-order valence-corrected chi connectivity index (χ3v) is 2.55. The quantitative estimate of drug-likeness (QED) is 0.342. The van der Waals surface area contributed by atoms with Crippen LogP contribution in [0.3, 0.4) is 0 Å². The van der Waals surface area contributed by atoms with Gasteiger partial charge in [-0.15, -0.1) is 0 Å². The number of nitrogens with two attached hydrogens (primary N) is 2. The molecule has 0 aliphatic heterocycles. The predicted octanol–water partition coefficient (Wildman–Crippen LogP) is -1.38. The van der Waals surface area contributed by atoms with E-state index in [1.54, 1.807) is 0 Å². The molecule has 0 heterocycles. The molecule has 4 nitrogen and oxygen atoms in total. The van der Waals surface area contributed by atoms with Crippen molar-refractivity contribution < 1.29 is 0 Å². The molecule has 0 saturated heterocycles. The summed E-state index contributed by atoms with van der Waals surface area (Å²) in [5.41, 5.74) is 7.62. The first kappa shape index (κ1) is 9.05. The number of hydrazine groups is 2. The van der Waals surface area contributed by atoms with E-state index in [1.165, 1.54) is 0 Å². The van der Waals surface area contributed by atoms with Gasteiger partial charge in [0, 0.05) is 21.8 Å². The average molecular weight is 190 g/mol. The lowest BCUT2D eigenvalue weighted by Crippen LogP contribution is -2.42. The Morgan fingerprint density at radius 2 is 1.29 bits per heavy atom. The highest BCUT2D eigenvalue weighted by Gasteiger charge is 2.08. The van der Waals surface area contributed by atoms with Crippen LogP contribution in [0.1, 0.15) is 12.8 Å². The molecule has 0 aromatic heterocycles. The number of hydrogen-bond acceptors (Lipinski definition) is 4. The molecule has 0 bridgehead atoms. The van der Waals surface area contributed by atoms with Crippen molar-refractivity contribution in [2.45, 2.75) is 12.8 Å². The zero-order valence-corrected chi connectivity index (χ0v) is 7.88. The van der Waals surface area contributed by atoms with Gasteiger partial charge in [0.2, 0.25) is 0 Å². The van der Waals surface area contributed by atoms with Crippen LogP contribution in [-0.4, -0.2) is 0 Å². The lowest BCUT2D eigenvalue weighted by atomic mass is 10.0. The molecule has 2 rings (SSSR count). The highest BCUT2D eigenvalue weighted by Crippen LogP contribution is 2.08. The number of nitrogens with one attached hydrogen (secondary N) is 2. The molecule has 0 atom stereocenters. The van der Waals surface area contributed by atoms with Crippen LogP contribution in [0.5, 0.6) is 0 Å². The molecule has 1 aliphatic carbocycles. The lowest BCUT2D eigenvalue weighted by Gasteiger charge is -2.15. The lowest BCUT2D eigenvalue weighted by molar-refractivity contribution is 0.833. The minimum absolute atomic E-state index is 0.896. The summed E-state index contributed by atoms with van der Waals surface area (Å²) in [6, 6.07) is 8.08. The van der Waals surface area contributed by atoms with E-state index >= 15 is 0 Å². The Hall–Kier alpha value is -1.52. The van der Waals surface area contributed by atoms with Crippen LogP contribution >= 0.6 is 0 Å². The Bertz CT molecular complexity index is 406. The van der Waals surface area contributed by atoms with Crippen molar-refractivity contribution in [2.24, 2.45) is 11.7 Å². The minimum atomic E-state index is 0.896. The highest BCUT2D eigenvalue weighted by atomic mass is 15.2. The highest BCUT2D eigenvalue weighted by molar-refractivity contribution is 5.55. The first-order valence-corrected chi connectivity index (χ1v) is 4.61. The van der Waals surface area contributed by atoms with Crippen molar-refractivity contribution in [3.8, 4) is 0 Å². The minimum Gasteiger partial charge on any atom is -0.328 e. The molecule has 6 N–H and O–H groups in total. The Kier molecular flexibility index (Phi) is 2.39. The van der Waals surface area contributed by atoms with Gasteiger partial charge in [-0.25, -0.2) is 0 Å². The number of fused-ring (bicyclic) bond motifs is 1. The second kappa shape index (κ2) is 3.69. The fourth-order valence-corrected chi connectivity index (χ4v) is 1.83. The summed E-state index contributed by atoms with van der Waals surface area (Å²) in [7, 11) is 0. The van der Waals surface area contributed by atoms with E-state index in [0.717, 1.165) is 34.7 Å². The van der Waals surface area contributed by atoms with Gasteiger partial charge in [-0.05, 0) is 12.8 Å². The molecule has 0 unspecified atom stereocenters. The van der Waals surface area contributed by atoms with E-state index in [-0.39, 0.29) is 0 Å². The molecule has 0 amide bonds. The van der Waals surface area contributed by atoms with Gasteiger partial charge in [-0.2, -0.15) is 0 Å². The maximum atomic E-state index is 5.46.